The van der Waals surface area contributed by atoms with Crippen molar-refractivity contribution in [2.75, 3.05) is 24.7 Å². The zero-order chi connectivity index (χ0) is 17.3. The second-order valence-corrected chi connectivity index (χ2v) is 7.23. The molecular formula is C20H25ClN2O2S. The Kier molecular flexibility index (Phi) is 8.81. The Morgan fingerprint density at radius 2 is 1.85 bits per heavy atom. The van der Waals surface area contributed by atoms with Crippen LogP contribution < -0.4 is 15.4 Å². The van der Waals surface area contributed by atoms with Crippen molar-refractivity contribution in [1.29, 1.82) is 0 Å². The van der Waals surface area contributed by atoms with Crippen LogP contribution in [0.25, 0.3) is 0 Å². The fraction of sp³-hybridized carbons (Fsp3) is 0.350. The van der Waals surface area contributed by atoms with E-state index in [1.54, 1.807) is 0 Å². The highest BCUT2D eigenvalue weighted by Gasteiger charge is 2.20. The molecule has 140 valence electrons. The Morgan fingerprint density at radius 3 is 2.50 bits per heavy atom. The minimum Gasteiger partial charge on any atom is -0.491 e. The molecule has 1 heterocycles. The molecule has 6 heteroatoms. The smallest absolute Gasteiger partial charge is 0.222 e. The Morgan fingerprint density at radius 1 is 1.15 bits per heavy atom. The van der Waals surface area contributed by atoms with E-state index in [0.29, 0.717) is 13.0 Å². The van der Waals surface area contributed by atoms with Gasteiger partial charge in [0.2, 0.25) is 5.91 Å². The van der Waals surface area contributed by atoms with Gasteiger partial charge in [0.1, 0.15) is 12.4 Å². The van der Waals surface area contributed by atoms with Gasteiger partial charge in [0.25, 0.3) is 0 Å². The second kappa shape index (κ2) is 11.1. The molecule has 2 atom stereocenters. The number of hydrogen-bond donors (Lipinski definition) is 2. The average molecular weight is 393 g/mol. The third-order valence-electron chi connectivity index (χ3n) is 4.13. The van der Waals surface area contributed by atoms with Gasteiger partial charge >= 0.3 is 0 Å². The van der Waals surface area contributed by atoms with Gasteiger partial charge in [0, 0.05) is 30.5 Å². The summed E-state index contributed by atoms with van der Waals surface area (Å²) in [6.07, 6.45) is 0.502. The molecule has 0 bridgehead atoms. The number of nitrogens with one attached hydrogen (secondary N) is 2. The highest BCUT2D eigenvalue weighted by molar-refractivity contribution is 7.99. The number of carbonyl (C=O) groups excluding carboxylic acids is 1. The van der Waals surface area contributed by atoms with Crippen LogP contribution in [0.1, 0.15) is 18.0 Å². The van der Waals surface area contributed by atoms with Crippen LogP contribution >= 0.6 is 24.2 Å². The van der Waals surface area contributed by atoms with E-state index in [1.807, 2.05) is 72.4 Å². The zero-order valence-electron chi connectivity index (χ0n) is 14.6. The fourth-order valence-corrected chi connectivity index (χ4v) is 3.78. The Labute approximate surface area is 165 Å². The Hall–Kier alpha value is -1.69. The summed E-state index contributed by atoms with van der Waals surface area (Å²) in [6.45, 7) is 1.38. The lowest BCUT2D eigenvalue weighted by molar-refractivity contribution is -0.122. The predicted octanol–water partition coefficient (Wildman–Crippen LogP) is 3.44. The average Bonchev–Trinajstić information content (AvgIpc) is 2.67. The molecule has 0 aliphatic carbocycles. The van der Waals surface area contributed by atoms with E-state index < -0.39 is 0 Å². The lowest BCUT2D eigenvalue weighted by atomic mass is 10.1. The maximum absolute atomic E-state index is 12.5. The van der Waals surface area contributed by atoms with E-state index in [4.69, 9.17) is 4.74 Å². The third-order valence-corrected chi connectivity index (χ3v) is 5.26. The van der Waals surface area contributed by atoms with Crippen molar-refractivity contribution in [3.8, 4) is 5.75 Å². The van der Waals surface area contributed by atoms with Crippen molar-refractivity contribution in [1.82, 2.24) is 10.6 Å². The van der Waals surface area contributed by atoms with Crippen molar-refractivity contribution >= 4 is 30.1 Å². The first-order valence-electron chi connectivity index (χ1n) is 8.64. The molecule has 1 fully saturated rings. The molecule has 2 N–H and O–H groups in total. The first kappa shape index (κ1) is 20.6. The van der Waals surface area contributed by atoms with Gasteiger partial charge < -0.3 is 15.4 Å². The summed E-state index contributed by atoms with van der Waals surface area (Å²) in [5.74, 6) is 2.98. The van der Waals surface area contributed by atoms with Crippen LogP contribution in [0.3, 0.4) is 0 Å². The molecule has 26 heavy (non-hydrogen) atoms. The van der Waals surface area contributed by atoms with Crippen molar-refractivity contribution in [2.24, 2.45) is 0 Å². The van der Waals surface area contributed by atoms with Crippen molar-refractivity contribution in [2.45, 2.75) is 18.5 Å². The maximum atomic E-state index is 12.5. The third kappa shape index (κ3) is 6.56. The molecule has 0 aromatic heterocycles. The monoisotopic (exact) mass is 392 g/mol. The van der Waals surface area contributed by atoms with Gasteiger partial charge in [-0.1, -0.05) is 48.5 Å². The molecule has 1 saturated heterocycles. The summed E-state index contributed by atoms with van der Waals surface area (Å²) in [6, 6.07) is 19.8. The molecule has 0 radical (unpaired) electrons. The number of rotatable bonds is 7. The molecule has 2 unspecified atom stereocenters. The van der Waals surface area contributed by atoms with Crippen LogP contribution in [0, 0.1) is 0 Å². The highest BCUT2D eigenvalue weighted by atomic mass is 35.5. The molecule has 2 aromatic rings. The number of para-hydroxylation sites is 1. The van der Waals surface area contributed by atoms with Gasteiger partial charge in [-0.2, -0.15) is 11.8 Å². The van der Waals surface area contributed by atoms with Crippen molar-refractivity contribution in [3.05, 3.63) is 66.2 Å². The van der Waals surface area contributed by atoms with E-state index in [2.05, 4.69) is 10.6 Å². The molecule has 1 aliphatic rings. The molecule has 0 saturated carbocycles. The van der Waals surface area contributed by atoms with Crippen molar-refractivity contribution < 1.29 is 9.53 Å². The molecule has 0 spiro atoms. The number of amides is 1. The Bertz CT molecular complexity index is 651. The van der Waals surface area contributed by atoms with E-state index in [9.17, 15) is 4.79 Å². The van der Waals surface area contributed by atoms with Crippen LogP contribution in [-0.2, 0) is 4.79 Å². The second-order valence-electron chi connectivity index (χ2n) is 6.08. The summed E-state index contributed by atoms with van der Waals surface area (Å²) >= 11 is 1.90. The zero-order valence-corrected chi connectivity index (χ0v) is 16.2. The predicted molar refractivity (Wildman–Crippen MR) is 110 cm³/mol. The first-order chi connectivity index (χ1) is 12.3. The number of benzene rings is 2. The van der Waals surface area contributed by atoms with Gasteiger partial charge in [-0.3, -0.25) is 4.79 Å². The van der Waals surface area contributed by atoms with Crippen LogP contribution in [0.2, 0.25) is 0 Å². The van der Waals surface area contributed by atoms with Gasteiger partial charge in [-0.15, -0.1) is 12.4 Å². The highest BCUT2D eigenvalue weighted by Crippen LogP contribution is 2.17. The Balaban J connectivity index is 0.00000243. The summed E-state index contributed by atoms with van der Waals surface area (Å²) in [4.78, 5) is 12.5. The van der Waals surface area contributed by atoms with Crippen LogP contribution in [-0.4, -0.2) is 36.6 Å². The van der Waals surface area contributed by atoms with Gasteiger partial charge in [-0.05, 0) is 17.7 Å². The summed E-state index contributed by atoms with van der Waals surface area (Å²) in [5.41, 5.74) is 1.05. The minimum atomic E-state index is -0.162. The van der Waals surface area contributed by atoms with Gasteiger partial charge in [0.05, 0.1) is 6.04 Å². The van der Waals surface area contributed by atoms with E-state index in [1.165, 1.54) is 0 Å². The SMILES string of the molecule is Cl.O=C(CC1CSCCN1)NC(COc1ccccc1)c1ccccc1. The molecule has 1 aliphatic heterocycles. The van der Waals surface area contributed by atoms with Crippen molar-refractivity contribution in [3.63, 3.8) is 0 Å². The largest absolute Gasteiger partial charge is 0.491 e. The lowest BCUT2D eigenvalue weighted by Crippen LogP contribution is -2.42. The molecular weight excluding hydrogens is 368 g/mol. The number of carbonyl (C=O) groups is 1. The van der Waals surface area contributed by atoms with Gasteiger partial charge in [-0.25, -0.2) is 0 Å². The van der Waals surface area contributed by atoms with E-state index in [0.717, 1.165) is 29.4 Å². The standard InChI is InChI=1S/C20H24N2O2S.ClH/c23-20(13-17-15-25-12-11-21-17)22-19(16-7-3-1-4-8-16)14-24-18-9-5-2-6-10-18;/h1-10,17,19,21H,11-15H2,(H,22,23);1H. The van der Waals surface area contributed by atoms with E-state index >= 15 is 0 Å². The maximum Gasteiger partial charge on any atom is 0.222 e. The molecule has 4 nitrogen and oxygen atoms in total. The molecule has 3 rings (SSSR count). The first-order valence-corrected chi connectivity index (χ1v) is 9.80. The number of halogens is 1. The summed E-state index contributed by atoms with van der Waals surface area (Å²) < 4.78 is 5.88. The number of hydrogen-bond acceptors (Lipinski definition) is 4. The summed E-state index contributed by atoms with van der Waals surface area (Å²) in [7, 11) is 0. The quantitative estimate of drug-likeness (QED) is 0.757. The van der Waals surface area contributed by atoms with Crippen LogP contribution in [0.4, 0.5) is 0 Å². The normalized spacial score (nSPS) is 17.6. The van der Waals surface area contributed by atoms with Crippen LogP contribution in [0.5, 0.6) is 5.75 Å². The number of ether oxygens (including phenoxy) is 1. The lowest BCUT2D eigenvalue weighted by Gasteiger charge is -2.25. The van der Waals surface area contributed by atoms with Gasteiger partial charge in [0.15, 0.2) is 0 Å². The van der Waals surface area contributed by atoms with E-state index in [-0.39, 0.29) is 30.4 Å². The molecule has 2 aromatic carbocycles. The number of thioether (sulfide) groups is 1. The van der Waals surface area contributed by atoms with Crippen LogP contribution in [0.15, 0.2) is 60.7 Å². The molecule has 1 amide bonds. The minimum absolute atomic E-state index is 0. The topological polar surface area (TPSA) is 50.4 Å². The fourth-order valence-electron chi connectivity index (χ4n) is 2.83. The summed E-state index contributed by atoms with van der Waals surface area (Å²) in [5, 5.41) is 6.55.